The quantitative estimate of drug-likeness (QED) is 0.881. The van der Waals surface area contributed by atoms with Crippen molar-refractivity contribution < 1.29 is 4.79 Å². The highest BCUT2D eigenvalue weighted by molar-refractivity contribution is 5.99. The van der Waals surface area contributed by atoms with Crippen LogP contribution < -0.4 is 10.6 Å². The molecule has 4 heteroatoms. The van der Waals surface area contributed by atoms with Gasteiger partial charge in [-0.15, -0.1) is 0 Å². The summed E-state index contributed by atoms with van der Waals surface area (Å²) >= 11 is 0. The van der Waals surface area contributed by atoms with Gasteiger partial charge in [0.05, 0.1) is 5.56 Å². The molecule has 1 amide bonds. The summed E-state index contributed by atoms with van der Waals surface area (Å²) in [6.45, 7) is 2.49. The van der Waals surface area contributed by atoms with Crippen molar-refractivity contribution in [2.75, 3.05) is 12.4 Å². The van der Waals surface area contributed by atoms with Crippen LogP contribution in [0.15, 0.2) is 42.7 Å². The van der Waals surface area contributed by atoms with Crippen LogP contribution in [0.5, 0.6) is 0 Å². The molecule has 1 aromatic heterocycles. The van der Waals surface area contributed by atoms with Crippen LogP contribution in [0.25, 0.3) is 0 Å². The minimum atomic E-state index is -0.0896. The third-order valence-electron chi connectivity index (χ3n) is 3.03. The van der Waals surface area contributed by atoms with E-state index in [2.05, 4.69) is 15.6 Å². The summed E-state index contributed by atoms with van der Waals surface area (Å²) < 4.78 is 0. The van der Waals surface area contributed by atoms with Crippen molar-refractivity contribution >= 4 is 11.6 Å². The maximum atomic E-state index is 12.1. The Bertz CT molecular complexity index is 581. The molecule has 1 heterocycles. The number of rotatable bonds is 4. The van der Waals surface area contributed by atoms with E-state index in [0.29, 0.717) is 12.1 Å². The first-order valence-corrected chi connectivity index (χ1v) is 6.17. The van der Waals surface area contributed by atoms with E-state index in [1.54, 1.807) is 25.5 Å². The Balaban J connectivity index is 2.08. The topological polar surface area (TPSA) is 54.0 Å². The first-order chi connectivity index (χ1) is 9.22. The van der Waals surface area contributed by atoms with Crippen molar-refractivity contribution in [1.82, 2.24) is 10.3 Å². The molecule has 98 valence electrons. The summed E-state index contributed by atoms with van der Waals surface area (Å²) in [6, 6.07) is 9.36. The second-order valence-electron chi connectivity index (χ2n) is 4.28. The number of para-hydroxylation sites is 1. The van der Waals surface area contributed by atoms with E-state index in [9.17, 15) is 4.79 Å². The molecule has 0 spiro atoms. The van der Waals surface area contributed by atoms with Crippen molar-refractivity contribution in [3.05, 3.63) is 59.4 Å². The second kappa shape index (κ2) is 6.00. The van der Waals surface area contributed by atoms with Crippen LogP contribution in [0, 0.1) is 6.92 Å². The van der Waals surface area contributed by atoms with Gasteiger partial charge in [0.15, 0.2) is 0 Å². The molecule has 0 fully saturated rings. The average Bonchev–Trinajstić information content (AvgIpc) is 2.46. The fraction of sp³-hybridized carbons (Fsp3) is 0.200. The molecular weight excluding hydrogens is 238 g/mol. The number of aromatic nitrogens is 1. The molecule has 4 nitrogen and oxygen atoms in total. The number of hydrogen-bond acceptors (Lipinski definition) is 3. The van der Waals surface area contributed by atoms with Gasteiger partial charge in [-0.3, -0.25) is 9.78 Å². The Hall–Kier alpha value is -2.36. The predicted octanol–water partition coefficient (Wildman–Crippen LogP) is 2.36. The van der Waals surface area contributed by atoms with E-state index in [0.717, 1.165) is 16.8 Å². The highest BCUT2D eigenvalue weighted by atomic mass is 16.1. The maximum absolute atomic E-state index is 12.1. The summed E-state index contributed by atoms with van der Waals surface area (Å²) in [5, 5.41) is 5.92. The summed E-state index contributed by atoms with van der Waals surface area (Å²) in [5.41, 5.74) is 3.62. The van der Waals surface area contributed by atoms with E-state index in [-0.39, 0.29) is 5.91 Å². The molecule has 0 saturated heterocycles. The third kappa shape index (κ3) is 3.10. The van der Waals surface area contributed by atoms with Gasteiger partial charge in [0.1, 0.15) is 0 Å². The fourth-order valence-corrected chi connectivity index (χ4v) is 1.85. The number of hydrogen-bond donors (Lipinski definition) is 2. The van der Waals surface area contributed by atoms with E-state index >= 15 is 0 Å². The van der Waals surface area contributed by atoms with Gasteiger partial charge >= 0.3 is 0 Å². The van der Waals surface area contributed by atoms with Crippen LogP contribution in [0.4, 0.5) is 5.69 Å². The van der Waals surface area contributed by atoms with Crippen molar-refractivity contribution in [3.8, 4) is 0 Å². The predicted molar refractivity (Wildman–Crippen MR) is 76.1 cm³/mol. The SMILES string of the molecule is CNc1ccccc1C(=O)NCc1cnccc1C. The van der Waals surface area contributed by atoms with Crippen LogP contribution in [0.1, 0.15) is 21.5 Å². The van der Waals surface area contributed by atoms with Crippen LogP contribution in [-0.2, 0) is 6.54 Å². The zero-order valence-corrected chi connectivity index (χ0v) is 11.1. The smallest absolute Gasteiger partial charge is 0.253 e. The highest BCUT2D eigenvalue weighted by Gasteiger charge is 2.09. The molecule has 2 aromatic rings. The Morgan fingerprint density at radius 2 is 2.05 bits per heavy atom. The Morgan fingerprint density at radius 1 is 1.26 bits per heavy atom. The zero-order chi connectivity index (χ0) is 13.7. The van der Waals surface area contributed by atoms with Crippen LogP contribution >= 0.6 is 0 Å². The largest absolute Gasteiger partial charge is 0.387 e. The van der Waals surface area contributed by atoms with Crippen LogP contribution in [0.3, 0.4) is 0 Å². The lowest BCUT2D eigenvalue weighted by Crippen LogP contribution is -2.24. The lowest BCUT2D eigenvalue weighted by Gasteiger charge is -2.10. The third-order valence-corrected chi connectivity index (χ3v) is 3.03. The van der Waals surface area contributed by atoms with Crippen molar-refractivity contribution in [3.63, 3.8) is 0 Å². The summed E-state index contributed by atoms with van der Waals surface area (Å²) in [4.78, 5) is 16.2. The molecule has 0 radical (unpaired) electrons. The monoisotopic (exact) mass is 255 g/mol. The second-order valence-corrected chi connectivity index (χ2v) is 4.28. The molecule has 2 N–H and O–H groups in total. The molecule has 19 heavy (non-hydrogen) atoms. The van der Waals surface area contributed by atoms with Crippen molar-refractivity contribution in [1.29, 1.82) is 0 Å². The minimum absolute atomic E-state index is 0.0896. The van der Waals surface area contributed by atoms with Crippen LogP contribution in [-0.4, -0.2) is 17.9 Å². The lowest BCUT2D eigenvalue weighted by molar-refractivity contribution is 0.0951. The zero-order valence-electron chi connectivity index (χ0n) is 11.1. The molecule has 0 saturated carbocycles. The standard InChI is InChI=1S/C15H17N3O/c1-11-7-8-17-9-12(11)10-18-15(19)13-5-3-4-6-14(13)16-2/h3-9,16H,10H2,1-2H3,(H,18,19). The number of pyridine rings is 1. The number of anilines is 1. The van der Waals surface area contributed by atoms with E-state index in [1.807, 2.05) is 31.2 Å². The van der Waals surface area contributed by atoms with Crippen molar-refractivity contribution in [2.24, 2.45) is 0 Å². The van der Waals surface area contributed by atoms with E-state index in [1.165, 1.54) is 0 Å². The van der Waals surface area contributed by atoms with Gasteiger partial charge in [-0.1, -0.05) is 12.1 Å². The van der Waals surface area contributed by atoms with E-state index < -0.39 is 0 Å². The summed E-state index contributed by atoms with van der Waals surface area (Å²) in [6.07, 6.45) is 3.52. The summed E-state index contributed by atoms with van der Waals surface area (Å²) in [5.74, 6) is -0.0896. The molecular formula is C15H17N3O. The molecule has 0 aliphatic rings. The molecule has 0 atom stereocenters. The number of carbonyl (C=O) groups excluding carboxylic acids is 1. The first-order valence-electron chi connectivity index (χ1n) is 6.17. The fourth-order valence-electron chi connectivity index (χ4n) is 1.85. The van der Waals surface area contributed by atoms with Crippen molar-refractivity contribution in [2.45, 2.75) is 13.5 Å². The normalized spacial score (nSPS) is 10.0. The van der Waals surface area contributed by atoms with Gasteiger partial charge < -0.3 is 10.6 Å². The molecule has 0 unspecified atom stereocenters. The number of benzene rings is 1. The van der Waals surface area contributed by atoms with Gasteiger partial charge in [-0.25, -0.2) is 0 Å². The average molecular weight is 255 g/mol. The number of amides is 1. The lowest BCUT2D eigenvalue weighted by atomic mass is 10.1. The Morgan fingerprint density at radius 3 is 2.79 bits per heavy atom. The van der Waals surface area contributed by atoms with Gasteiger partial charge in [0.25, 0.3) is 5.91 Å². The molecule has 0 aliphatic carbocycles. The molecule has 0 aliphatic heterocycles. The van der Waals surface area contributed by atoms with Crippen LogP contribution in [0.2, 0.25) is 0 Å². The minimum Gasteiger partial charge on any atom is -0.387 e. The Labute approximate surface area is 112 Å². The highest BCUT2D eigenvalue weighted by Crippen LogP contribution is 2.14. The maximum Gasteiger partial charge on any atom is 0.253 e. The van der Waals surface area contributed by atoms with Gasteiger partial charge in [-0.05, 0) is 36.2 Å². The Kier molecular flexibility index (Phi) is 4.13. The number of nitrogens with one attached hydrogen (secondary N) is 2. The molecule has 2 rings (SSSR count). The number of carbonyl (C=O) groups is 1. The number of nitrogens with zero attached hydrogens (tertiary/aromatic N) is 1. The van der Waals surface area contributed by atoms with E-state index in [4.69, 9.17) is 0 Å². The molecule has 0 bridgehead atoms. The number of aryl methyl sites for hydroxylation is 1. The van der Waals surface area contributed by atoms with Gasteiger partial charge in [0.2, 0.25) is 0 Å². The molecule has 1 aromatic carbocycles. The first kappa shape index (κ1) is 13.1. The summed E-state index contributed by atoms with van der Waals surface area (Å²) in [7, 11) is 1.80. The van der Waals surface area contributed by atoms with Gasteiger partial charge in [-0.2, -0.15) is 0 Å². The van der Waals surface area contributed by atoms with Gasteiger partial charge in [0, 0.05) is 31.7 Å².